The quantitative estimate of drug-likeness (QED) is 0.831. The average molecular weight is 257 g/mol. The Labute approximate surface area is 106 Å². The van der Waals surface area contributed by atoms with Gasteiger partial charge < -0.3 is 14.6 Å². The van der Waals surface area contributed by atoms with E-state index in [2.05, 4.69) is 15.5 Å². The van der Waals surface area contributed by atoms with E-state index < -0.39 is 0 Å². The van der Waals surface area contributed by atoms with E-state index in [1.807, 2.05) is 18.8 Å². The van der Waals surface area contributed by atoms with Gasteiger partial charge in [0, 0.05) is 19.6 Å². The van der Waals surface area contributed by atoms with E-state index in [4.69, 9.17) is 9.26 Å². The number of nitrogens with one attached hydrogen (secondary N) is 1. The number of nitrogens with zero attached hydrogens (tertiary/aromatic N) is 2. The Morgan fingerprint density at radius 3 is 3.18 bits per heavy atom. The summed E-state index contributed by atoms with van der Waals surface area (Å²) < 4.78 is 10.4. The zero-order valence-corrected chi connectivity index (χ0v) is 11.1. The van der Waals surface area contributed by atoms with Crippen molar-refractivity contribution >= 4 is 11.8 Å². The molecule has 1 aromatic rings. The van der Waals surface area contributed by atoms with Crippen molar-refractivity contribution in [2.45, 2.75) is 30.6 Å². The highest BCUT2D eigenvalue weighted by molar-refractivity contribution is 7.99. The van der Waals surface area contributed by atoms with Gasteiger partial charge in [-0.05, 0) is 25.6 Å². The van der Waals surface area contributed by atoms with Gasteiger partial charge in [0.05, 0.1) is 11.9 Å². The van der Waals surface area contributed by atoms with Gasteiger partial charge in [0.2, 0.25) is 5.89 Å². The minimum atomic E-state index is 0.226. The van der Waals surface area contributed by atoms with E-state index in [0.29, 0.717) is 24.2 Å². The van der Waals surface area contributed by atoms with Gasteiger partial charge in [0.25, 0.3) is 0 Å². The molecule has 17 heavy (non-hydrogen) atoms. The van der Waals surface area contributed by atoms with Crippen LogP contribution in [0.3, 0.4) is 0 Å². The van der Waals surface area contributed by atoms with Crippen LogP contribution in [-0.2, 0) is 11.2 Å². The first-order chi connectivity index (χ1) is 8.33. The molecule has 5 nitrogen and oxygen atoms in total. The van der Waals surface area contributed by atoms with E-state index in [1.54, 1.807) is 7.11 Å². The molecule has 0 spiro atoms. The van der Waals surface area contributed by atoms with Crippen LogP contribution in [0.2, 0.25) is 0 Å². The molecule has 0 radical (unpaired) electrons. The zero-order valence-electron chi connectivity index (χ0n) is 10.3. The molecule has 96 valence electrons. The lowest BCUT2D eigenvalue weighted by Crippen LogP contribution is -2.32. The smallest absolute Gasteiger partial charge is 0.228 e. The van der Waals surface area contributed by atoms with Crippen LogP contribution in [-0.4, -0.2) is 42.7 Å². The Hall–Kier alpha value is -0.590. The lowest BCUT2D eigenvalue weighted by Gasteiger charge is -2.11. The van der Waals surface area contributed by atoms with Gasteiger partial charge in [-0.25, -0.2) is 0 Å². The molecule has 2 atom stereocenters. The summed E-state index contributed by atoms with van der Waals surface area (Å²) in [6.45, 7) is 0.645. The highest BCUT2D eigenvalue weighted by Gasteiger charge is 2.23. The summed E-state index contributed by atoms with van der Waals surface area (Å²) in [5.74, 6) is 2.76. The monoisotopic (exact) mass is 257 g/mol. The molecule has 2 heterocycles. The van der Waals surface area contributed by atoms with E-state index >= 15 is 0 Å². The summed E-state index contributed by atoms with van der Waals surface area (Å²) in [4.78, 5) is 4.47. The molecule has 0 saturated carbocycles. The molecular formula is C11H19N3O2S. The van der Waals surface area contributed by atoms with Crippen molar-refractivity contribution in [3.05, 3.63) is 11.7 Å². The van der Waals surface area contributed by atoms with Crippen molar-refractivity contribution in [2.24, 2.45) is 0 Å². The topological polar surface area (TPSA) is 60.2 Å². The fourth-order valence-electron chi connectivity index (χ4n) is 1.92. The number of likely N-dealkylation sites (N-methyl/N-ethyl adjacent to an activating group) is 1. The highest BCUT2D eigenvalue weighted by atomic mass is 32.2. The lowest BCUT2D eigenvalue weighted by molar-refractivity contribution is 0.165. The lowest BCUT2D eigenvalue weighted by atomic mass is 10.2. The Morgan fingerprint density at radius 2 is 2.53 bits per heavy atom. The number of aromatic nitrogens is 2. The molecule has 1 fully saturated rings. The maximum absolute atomic E-state index is 5.29. The number of ether oxygens (including phenoxy) is 1. The first-order valence-electron chi connectivity index (χ1n) is 5.93. The van der Waals surface area contributed by atoms with Crippen LogP contribution in [0.25, 0.3) is 0 Å². The second-order valence-electron chi connectivity index (χ2n) is 4.19. The predicted molar refractivity (Wildman–Crippen MR) is 67.2 cm³/mol. The molecule has 1 saturated heterocycles. The third-order valence-electron chi connectivity index (χ3n) is 2.90. The van der Waals surface area contributed by atoms with Gasteiger partial charge in [-0.2, -0.15) is 16.7 Å². The standard InChI is InChI=1S/C11H19N3O2S/c1-12-8(7-15-2)6-10-13-11(14-16-10)9-4-3-5-17-9/h8-9,12H,3-7H2,1-2H3. The zero-order chi connectivity index (χ0) is 12.1. The third kappa shape index (κ3) is 3.43. The molecule has 2 unspecified atom stereocenters. The molecule has 1 aromatic heterocycles. The second kappa shape index (κ2) is 6.37. The summed E-state index contributed by atoms with van der Waals surface area (Å²) in [7, 11) is 3.60. The largest absolute Gasteiger partial charge is 0.383 e. The highest BCUT2D eigenvalue weighted by Crippen LogP contribution is 2.38. The number of methoxy groups -OCH3 is 1. The Kier molecular flexibility index (Phi) is 4.82. The number of thioether (sulfide) groups is 1. The van der Waals surface area contributed by atoms with Crippen molar-refractivity contribution in [3.8, 4) is 0 Å². The van der Waals surface area contributed by atoms with Gasteiger partial charge in [-0.1, -0.05) is 5.16 Å². The predicted octanol–water partition coefficient (Wildman–Crippen LogP) is 1.41. The van der Waals surface area contributed by atoms with Gasteiger partial charge >= 0.3 is 0 Å². The van der Waals surface area contributed by atoms with E-state index in [-0.39, 0.29) is 6.04 Å². The number of rotatable bonds is 6. The number of hydrogen-bond acceptors (Lipinski definition) is 6. The molecule has 1 N–H and O–H groups in total. The van der Waals surface area contributed by atoms with Crippen molar-refractivity contribution in [3.63, 3.8) is 0 Å². The van der Waals surface area contributed by atoms with Crippen LogP contribution in [0.1, 0.15) is 29.8 Å². The van der Waals surface area contributed by atoms with Crippen molar-refractivity contribution in [2.75, 3.05) is 26.5 Å². The van der Waals surface area contributed by atoms with Crippen LogP contribution in [0.5, 0.6) is 0 Å². The number of hydrogen-bond donors (Lipinski definition) is 1. The Balaban J connectivity index is 1.92. The third-order valence-corrected chi connectivity index (χ3v) is 4.27. The van der Waals surface area contributed by atoms with Gasteiger partial charge in [-0.3, -0.25) is 0 Å². The Morgan fingerprint density at radius 1 is 1.65 bits per heavy atom. The van der Waals surface area contributed by atoms with Crippen LogP contribution in [0.4, 0.5) is 0 Å². The molecule has 2 rings (SSSR count). The van der Waals surface area contributed by atoms with Crippen LogP contribution >= 0.6 is 11.8 Å². The SMILES string of the molecule is CNC(COC)Cc1nc(C2CCCS2)no1. The maximum atomic E-state index is 5.29. The molecule has 1 aliphatic heterocycles. The van der Waals surface area contributed by atoms with Gasteiger partial charge in [0.15, 0.2) is 5.82 Å². The molecule has 6 heteroatoms. The Bertz CT molecular complexity index is 339. The molecule has 0 aliphatic carbocycles. The first kappa shape index (κ1) is 12.9. The van der Waals surface area contributed by atoms with Crippen molar-refractivity contribution in [1.29, 1.82) is 0 Å². The van der Waals surface area contributed by atoms with Crippen molar-refractivity contribution in [1.82, 2.24) is 15.5 Å². The summed E-state index contributed by atoms with van der Waals surface area (Å²) in [6.07, 6.45) is 3.13. The summed E-state index contributed by atoms with van der Waals surface area (Å²) in [5, 5.41) is 7.68. The summed E-state index contributed by atoms with van der Waals surface area (Å²) >= 11 is 1.92. The molecule has 1 aliphatic rings. The second-order valence-corrected chi connectivity index (χ2v) is 5.50. The summed E-state index contributed by atoms with van der Waals surface area (Å²) in [5.41, 5.74) is 0. The average Bonchev–Trinajstić information content (AvgIpc) is 2.98. The van der Waals surface area contributed by atoms with E-state index in [0.717, 1.165) is 12.2 Å². The fourth-order valence-corrected chi connectivity index (χ4v) is 3.12. The molecular weight excluding hydrogens is 238 g/mol. The van der Waals surface area contributed by atoms with Crippen LogP contribution in [0, 0.1) is 0 Å². The summed E-state index contributed by atoms with van der Waals surface area (Å²) in [6, 6.07) is 0.226. The maximum Gasteiger partial charge on any atom is 0.228 e. The molecule has 0 amide bonds. The molecule has 0 aromatic carbocycles. The van der Waals surface area contributed by atoms with Crippen LogP contribution < -0.4 is 5.32 Å². The normalized spacial score (nSPS) is 21.9. The minimum absolute atomic E-state index is 0.226. The van der Waals surface area contributed by atoms with Gasteiger partial charge in [0.1, 0.15) is 0 Å². The van der Waals surface area contributed by atoms with E-state index in [1.165, 1.54) is 12.2 Å². The molecule has 0 bridgehead atoms. The van der Waals surface area contributed by atoms with E-state index in [9.17, 15) is 0 Å². The van der Waals surface area contributed by atoms with Crippen molar-refractivity contribution < 1.29 is 9.26 Å². The first-order valence-corrected chi connectivity index (χ1v) is 6.98. The minimum Gasteiger partial charge on any atom is -0.383 e. The fraction of sp³-hybridized carbons (Fsp3) is 0.818. The van der Waals surface area contributed by atoms with Gasteiger partial charge in [-0.15, -0.1) is 0 Å². The van der Waals surface area contributed by atoms with Crippen LogP contribution in [0.15, 0.2) is 4.52 Å².